The van der Waals surface area contributed by atoms with Gasteiger partial charge in [-0.1, -0.05) is 65.2 Å². The van der Waals surface area contributed by atoms with Gasteiger partial charge in [0.1, 0.15) is 13.1 Å². The van der Waals surface area contributed by atoms with Gasteiger partial charge in [-0.05, 0) is 24.0 Å². The molecule has 0 fully saturated rings. The fourth-order valence-corrected chi connectivity index (χ4v) is 7.59. The van der Waals surface area contributed by atoms with Crippen LogP contribution in [0.4, 0.5) is 52.7 Å². The molecule has 2 aromatic rings. The van der Waals surface area contributed by atoms with Gasteiger partial charge in [0.15, 0.2) is 64.9 Å². The minimum atomic E-state index is -6.72. The fourth-order valence-electron chi connectivity index (χ4n) is 4.17. The van der Waals surface area contributed by atoms with Gasteiger partial charge in [-0.25, -0.2) is 42.8 Å². The average molecular weight is 943 g/mol. The summed E-state index contributed by atoms with van der Waals surface area (Å²) in [4.78, 5) is 0. The molecule has 12 nitrogen and oxygen atoms in total. The highest BCUT2D eigenvalue weighted by atomic mass is 32.3. The fraction of sp³-hybridized carbons (Fsp3) is 0.667. The molecule has 0 saturated carbocycles. The number of hydrogen-bond donors (Lipinski definition) is 0. The Balaban J connectivity index is 0.000000922. The lowest BCUT2D eigenvalue weighted by Crippen LogP contribution is -2.33. The van der Waals surface area contributed by atoms with E-state index in [9.17, 15) is 86.4 Å². The lowest BCUT2D eigenvalue weighted by molar-refractivity contribution is -0.697. The van der Waals surface area contributed by atoms with Crippen molar-refractivity contribution in [3.05, 3.63) is 57.3 Å². The molecule has 0 unspecified atom stereocenters. The Morgan fingerprint density at radius 1 is 0.397 bits per heavy atom. The van der Waals surface area contributed by atoms with Gasteiger partial charge in [-0.2, -0.15) is 52.7 Å². The molecule has 0 aliphatic rings. The first-order chi connectivity index (χ1) is 26.2. The number of nitrogens with zero attached hydrogens (tertiary/aromatic N) is 4. The van der Waals surface area contributed by atoms with Gasteiger partial charge in [0.05, 0.1) is 0 Å². The zero-order valence-corrected chi connectivity index (χ0v) is 34.0. The third-order valence-corrected chi connectivity index (χ3v) is 12.7. The molecule has 0 aromatic carbocycles. The Kier molecular flexibility index (Phi) is 22.1. The highest BCUT2D eigenvalue weighted by Gasteiger charge is 2.48. The Bertz CT molecular complexity index is 1730. The summed E-state index contributed by atoms with van der Waals surface area (Å²) in [5.74, 6) is 0. The number of unbranched alkanes of at least 4 members (excludes halogenated alkanes) is 10. The third-order valence-electron chi connectivity index (χ3n) is 7.22. The van der Waals surface area contributed by atoms with Crippen molar-refractivity contribution in [1.29, 1.82) is 0 Å². The predicted molar refractivity (Wildman–Crippen MR) is 186 cm³/mol. The van der Waals surface area contributed by atoms with E-state index >= 15 is 0 Å². The SMILES string of the molecule is CCCCCCCC[n+]1ccc(-c2cc[n+](CCCCCCCC)cc2)cc1.O=S(=O)([N-]S(=O)(=O)C(F)(F)F)C(F)(F)F.O=S(=O)([N-]S(=O)(=O)C(F)(F)F)C(F)(F)F. The number of pyridine rings is 2. The van der Waals surface area contributed by atoms with E-state index in [0.717, 1.165) is 21.3 Å². The number of sulfonamides is 4. The molecule has 0 aliphatic carbocycles. The number of hydrogen-bond acceptors (Lipinski definition) is 8. The van der Waals surface area contributed by atoms with E-state index in [1.165, 1.54) is 88.2 Å². The van der Waals surface area contributed by atoms with E-state index in [0.29, 0.717) is 0 Å². The molecule has 0 atom stereocenters. The van der Waals surface area contributed by atoms with Crippen LogP contribution >= 0.6 is 0 Å². The molecule has 338 valence electrons. The van der Waals surface area contributed by atoms with E-state index in [1.54, 1.807) is 0 Å². The monoisotopic (exact) mass is 942 g/mol. The first-order valence-electron chi connectivity index (χ1n) is 17.0. The predicted octanol–water partition coefficient (Wildman–Crippen LogP) is 8.77. The zero-order valence-electron chi connectivity index (χ0n) is 30.7. The van der Waals surface area contributed by atoms with Crippen molar-refractivity contribution in [3.8, 4) is 11.1 Å². The van der Waals surface area contributed by atoms with Gasteiger partial charge in [0.25, 0.3) is 0 Å². The van der Waals surface area contributed by atoms with Gasteiger partial charge >= 0.3 is 22.0 Å². The van der Waals surface area contributed by atoms with Crippen LogP contribution in [0.3, 0.4) is 0 Å². The van der Waals surface area contributed by atoms with Crippen molar-refractivity contribution in [2.75, 3.05) is 0 Å². The van der Waals surface area contributed by atoms with Crippen LogP contribution in [0.5, 0.6) is 0 Å². The highest BCUT2D eigenvalue weighted by Crippen LogP contribution is 2.37. The maximum Gasteiger partial charge on any atom is 0.480 e. The highest BCUT2D eigenvalue weighted by molar-refractivity contribution is 8.13. The Labute approximate surface area is 329 Å². The maximum absolute atomic E-state index is 11.4. The van der Waals surface area contributed by atoms with Gasteiger partial charge in [-0.15, -0.1) is 0 Å². The number of alkyl halides is 12. The second kappa shape index (κ2) is 23.3. The summed E-state index contributed by atoms with van der Waals surface area (Å²) in [5.41, 5.74) is -22.2. The summed E-state index contributed by atoms with van der Waals surface area (Å²) in [6.45, 7) is 6.83. The van der Waals surface area contributed by atoms with Crippen LogP contribution in [0.15, 0.2) is 49.1 Å². The van der Waals surface area contributed by atoms with Crippen LogP contribution in [0.1, 0.15) is 90.9 Å². The lowest BCUT2D eigenvalue weighted by atomic mass is 10.1. The Morgan fingerprint density at radius 2 is 0.603 bits per heavy atom. The van der Waals surface area contributed by atoms with Crippen LogP contribution in [-0.2, 0) is 53.2 Å². The van der Waals surface area contributed by atoms with Crippen LogP contribution in [0.2, 0.25) is 0 Å². The summed E-state index contributed by atoms with van der Waals surface area (Å²) in [6, 6.07) is 9.02. The second-order valence-electron chi connectivity index (χ2n) is 12.0. The van der Waals surface area contributed by atoms with Crippen molar-refractivity contribution in [3.63, 3.8) is 0 Å². The van der Waals surface area contributed by atoms with Gasteiger partial charge < -0.3 is 8.25 Å². The van der Waals surface area contributed by atoms with Crippen LogP contribution in [0, 0.1) is 0 Å². The second-order valence-corrected chi connectivity index (χ2v) is 18.9. The molecule has 0 radical (unpaired) electrons. The molecule has 0 spiro atoms. The lowest BCUT2D eigenvalue weighted by Gasteiger charge is -2.22. The van der Waals surface area contributed by atoms with Gasteiger partial charge in [-0.3, -0.25) is 0 Å². The molecule has 58 heavy (non-hydrogen) atoms. The van der Waals surface area contributed by atoms with E-state index in [2.05, 4.69) is 72.0 Å². The molecule has 0 N–H and O–H groups in total. The summed E-state index contributed by atoms with van der Waals surface area (Å²) in [5, 5.41) is 0. The largest absolute Gasteiger partial charge is 0.480 e. The first-order valence-corrected chi connectivity index (χ1v) is 22.7. The van der Waals surface area contributed by atoms with E-state index in [4.69, 9.17) is 0 Å². The van der Waals surface area contributed by atoms with Gasteiger partial charge in [0, 0.05) is 37.1 Å². The number of aryl methyl sites for hydroxylation is 2. The molecular formula is C30H42F12N4O8S4. The molecule has 0 amide bonds. The van der Waals surface area contributed by atoms with Crippen molar-refractivity contribution < 1.29 is 95.5 Å². The van der Waals surface area contributed by atoms with E-state index in [-0.39, 0.29) is 0 Å². The third kappa shape index (κ3) is 20.0. The molecule has 28 heteroatoms. The van der Waals surface area contributed by atoms with Gasteiger partial charge in [0.2, 0.25) is 0 Å². The summed E-state index contributed by atoms with van der Waals surface area (Å²) in [7, 11) is -26.9. The minimum Gasteiger partial charge on any atom is -0.421 e. The van der Waals surface area contributed by atoms with Crippen LogP contribution in [0.25, 0.3) is 19.4 Å². The molecule has 0 bridgehead atoms. The Hall–Kier alpha value is -2.82. The normalized spacial score (nSPS) is 13.3. The standard InChI is InChI=1S/C26H42N2.2C2F6NO4S2/c1-3-5-7-9-11-13-19-27-21-15-25(16-22-27)26-17-23-28(24-18-26)20-14-12-10-8-6-4-2;2*3-1(4,5)14(10,11)9-15(12,13)2(6,7)8/h15-18,21-24H,3-14,19-20H2,1-2H3;;/q+2;2*-1. The van der Waals surface area contributed by atoms with Crippen LogP contribution < -0.4 is 9.13 Å². The number of halogens is 12. The van der Waals surface area contributed by atoms with Crippen LogP contribution in [-0.4, -0.2) is 55.7 Å². The van der Waals surface area contributed by atoms with Crippen molar-refractivity contribution in [1.82, 2.24) is 0 Å². The summed E-state index contributed by atoms with van der Waals surface area (Å²) in [6.07, 6.45) is 25.2. The van der Waals surface area contributed by atoms with E-state index < -0.39 is 62.1 Å². The van der Waals surface area contributed by atoms with E-state index in [1.807, 2.05) is 0 Å². The molecule has 2 rings (SSSR count). The molecule has 2 aromatic heterocycles. The summed E-state index contributed by atoms with van der Waals surface area (Å²) >= 11 is 0. The topological polar surface area (TPSA) is 173 Å². The molecular weight excluding hydrogens is 901 g/mol. The zero-order chi connectivity index (χ0) is 45.3. The average Bonchev–Trinajstić information content (AvgIpc) is 3.06. The van der Waals surface area contributed by atoms with Crippen molar-refractivity contribution >= 4 is 40.1 Å². The molecule has 2 heterocycles. The maximum atomic E-state index is 11.4. The summed E-state index contributed by atoms with van der Waals surface area (Å²) < 4.78 is 223. The molecule has 0 aliphatic heterocycles. The minimum absolute atomic E-state index is 0.778. The number of rotatable bonds is 19. The molecule has 0 saturated heterocycles. The Morgan fingerprint density at radius 3 is 0.810 bits per heavy atom. The smallest absolute Gasteiger partial charge is 0.421 e. The van der Waals surface area contributed by atoms with Crippen molar-refractivity contribution in [2.24, 2.45) is 0 Å². The first kappa shape index (κ1) is 55.2. The number of aromatic nitrogens is 2. The van der Waals surface area contributed by atoms with Crippen molar-refractivity contribution in [2.45, 2.75) is 126 Å². The quantitative estimate of drug-likeness (QED) is 0.0764.